The van der Waals surface area contributed by atoms with Crippen LogP contribution in [-0.2, 0) is 14.3 Å². The summed E-state index contributed by atoms with van der Waals surface area (Å²) in [6.45, 7) is -0.443. The highest BCUT2D eigenvalue weighted by Gasteiger charge is 2.16. The maximum Gasteiger partial charge on any atom is 0.306 e. The Kier molecular flexibility index (Phi) is 5.33. The third-order valence-corrected chi connectivity index (χ3v) is 3.34. The number of anilines is 1. The minimum absolute atomic E-state index is 0.0396. The lowest BCUT2D eigenvalue weighted by Crippen LogP contribution is -2.22. The molecular formula is C15H15ClFNO3. The quantitative estimate of drug-likeness (QED) is 0.670. The van der Waals surface area contributed by atoms with E-state index in [0.717, 1.165) is 18.9 Å². The Morgan fingerprint density at radius 1 is 1.43 bits per heavy atom. The third-order valence-electron chi connectivity index (χ3n) is 3.11. The van der Waals surface area contributed by atoms with E-state index in [2.05, 4.69) is 5.32 Å². The molecule has 1 aliphatic carbocycles. The molecule has 1 aliphatic rings. The van der Waals surface area contributed by atoms with Gasteiger partial charge < -0.3 is 10.1 Å². The molecule has 6 heteroatoms. The average molecular weight is 312 g/mol. The van der Waals surface area contributed by atoms with Gasteiger partial charge in [-0.1, -0.05) is 23.8 Å². The summed E-state index contributed by atoms with van der Waals surface area (Å²) in [6.07, 6.45) is 6.14. The molecule has 0 spiro atoms. The van der Waals surface area contributed by atoms with Crippen LogP contribution >= 0.6 is 11.6 Å². The van der Waals surface area contributed by atoms with Crippen molar-refractivity contribution in [2.45, 2.75) is 19.3 Å². The highest BCUT2D eigenvalue weighted by Crippen LogP contribution is 2.21. The van der Waals surface area contributed by atoms with Gasteiger partial charge in [-0.2, -0.15) is 0 Å². The van der Waals surface area contributed by atoms with E-state index in [0.29, 0.717) is 5.02 Å². The SMILES string of the molecule is O=C(COC(=O)C[C@@H]1C=CCC1)Nc1cc(Cl)ccc1F. The minimum Gasteiger partial charge on any atom is -0.456 e. The summed E-state index contributed by atoms with van der Waals surface area (Å²) in [7, 11) is 0. The Morgan fingerprint density at radius 2 is 2.24 bits per heavy atom. The molecule has 1 N–H and O–H groups in total. The molecule has 21 heavy (non-hydrogen) atoms. The first-order valence-corrected chi connectivity index (χ1v) is 6.99. The molecule has 0 bridgehead atoms. The van der Waals surface area contributed by atoms with Gasteiger partial charge in [-0.05, 0) is 37.0 Å². The molecule has 1 amide bonds. The van der Waals surface area contributed by atoms with Gasteiger partial charge in [0.2, 0.25) is 0 Å². The maximum atomic E-state index is 13.4. The topological polar surface area (TPSA) is 55.4 Å². The zero-order chi connectivity index (χ0) is 15.2. The van der Waals surface area contributed by atoms with Gasteiger partial charge in [0.15, 0.2) is 6.61 Å². The van der Waals surface area contributed by atoms with E-state index in [1.807, 2.05) is 12.2 Å². The zero-order valence-corrected chi connectivity index (χ0v) is 12.0. The molecule has 0 aromatic heterocycles. The molecule has 0 aliphatic heterocycles. The smallest absolute Gasteiger partial charge is 0.306 e. The van der Waals surface area contributed by atoms with Crippen LogP contribution < -0.4 is 5.32 Å². The van der Waals surface area contributed by atoms with Crippen molar-refractivity contribution >= 4 is 29.2 Å². The predicted octanol–water partition coefficient (Wildman–Crippen LogP) is 3.32. The zero-order valence-electron chi connectivity index (χ0n) is 11.3. The molecule has 0 radical (unpaired) electrons. The number of hydrogen-bond donors (Lipinski definition) is 1. The summed E-state index contributed by atoms with van der Waals surface area (Å²) in [5.41, 5.74) is -0.0396. The molecule has 0 fully saturated rings. The Hall–Kier alpha value is -1.88. The largest absolute Gasteiger partial charge is 0.456 e. The lowest BCUT2D eigenvalue weighted by Gasteiger charge is -2.09. The van der Waals surface area contributed by atoms with E-state index in [4.69, 9.17) is 16.3 Å². The van der Waals surface area contributed by atoms with Crippen molar-refractivity contribution in [3.05, 3.63) is 41.2 Å². The Labute approximate surface area is 126 Å². The molecule has 1 aromatic carbocycles. The van der Waals surface area contributed by atoms with Crippen LogP contribution in [0, 0.1) is 11.7 Å². The van der Waals surface area contributed by atoms with Crippen molar-refractivity contribution in [1.29, 1.82) is 0 Å². The van der Waals surface area contributed by atoms with Crippen molar-refractivity contribution in [2.24, 2.45) is 5.92 Å². The van der Waals surface area contributed by atoms with Gasteiger partial charge in [-0.25, -0.2) is 4.39 Å². The second-order valence-electron chi connectivity index (χ2n) is 4.80. The van der Waals surface area contributed by atoms with Crippen LogP contribution in [0.15, 0.2) is 30.4 Å². The lowest BCUT2D eigenvalue weighted by atomic mass is 10.1. The lowest BCUT2D eigenvalue weighted by molar-refractivity contribution is -0.147. The number of carbonyl (C=O) groups is 2. The average Bonchev–Trinajstić information content (AvgIpc) is 2.93. The number of esters is 1. The molecule has 0 saturated carbocycles. The molecule has 4 nitrogen and oxygen atoms in total. The molecule has 0 heterocycles. The van der Waals surface area contributed by atoms with Crippen molar-refractivity contribution < 1.29 is 18.7 Å². The number of rotatable bonds is 5. The summed E-state index contributed by atoms with van der Waals surface area (Å²) in [5.74, 6) is -1.46. The predicted molar refractivity (Wildman–Crippen MR) is 77.5 cm³/mol. The number of carbonyl (C=O) groups excluding carboxylic acids is 2. The standard InChI is InChI=1S/C15H15ClFNO3/c16-11-5-6-12(17)13(8-11)18-14(19)9-21-15(20)7-10-3-1-2-4-10/h1,3,5-6,8,10H,2,4,7,9H2,(H,18,19)/t10-/m1/s1. The van der Waals surface area contributed by atoms with Gasteiger partial charge in [0.25, 0.3) is 5.91 Å². The van der Waals surface area contributed by atoms with Crippen LogP contribution in [0.5, 0.6) is 0 Å². The molecular weight excluding hydrogens is 297 g/mol. The number of allylic oxidation sites excluding steroid dienone is 2. The van der Waals surface area contributed by atoms with Gasteiger partial charge in [0.05, 0.1) is 12.1 Å². The highest BCUT2D eigenvalue weighted by molar-refractivity contribution is 6.30. The van der Waals surface area contributed by atoms with Crippen LogP contribution in [0.2, 0.25) is 5.02 Å². The Balaban J connectivity index is 1.77. The van der Waals surface area contributed by atoms with Gasteiger partial charge >= 0.3 is 5.97 Å². The van der Waals surface area contributed by atoms with Crippen molar-refractivity contribution in [1.82, 2.24) is 0 Å². The molecule has 1 aromatic rings. The van der Waals surface area contributed by atoms with Crippen molar-refractivity contribution in [2.75, 3.05) is 11.9 Å². The molecule has 112 valence electrons. The molecule has 0 unspecified atom stereocenters. The summed E-state index contributed by atoms with van der Waals surface area (Å²) in [4.78, 5) is 23.2. The number of halogens is 2. The normalized spacial score (nSPS) is 16.8. The summed E-state index contributed by atoms with van der Waals surface area (Å²) >= 11 is 5.71. The Morgan fingerprint density at radius 3 is 2.95 bits per heavy atom. The van der Waals surface area contributed by atoms with E-state index in [1.165, 1.54) is 12.1 Å². The summed E-state index contributed by atoms with van der Waals surface area (Å²) in [5, 5.41) is 2.61. The van der Waals surface area contributed by atoms with E-state index in [9.17, 15) is 14.0 Å². The van der Waals surface area contributed by atoms with Crippen LogP contribution in [0.4, 0.5) is 10.1 Å². The number of amides is 1. The second kappa shape index (κ2) is 7.22. The highest BCUT2D eigenvalue weighted by atomic mass is 35.5. The second-order valence-corrected chi connectivity index (χ2v) is 5.24. The van der Waals surface area contributed by atoms with Crippen LogP contribution in [-0.4, -0.2) is 18.5 Å². The van der Waals surface area contributed by atoms with Crippen LogP contribution in [0.1, 0.15) is 19.3 Å². The number of ether oxygens (including phenoxy) is 1. The summed E-state index contributed by atoms with van der Waals surface area (Å²) < 4.78 is 18.3. The Bertz CT molecular complexity index is 574. The van der Waals surface area contributed by atoms with E-state index in [-0.39, 0.29) is 18.0 Å². The monoisotopic (exact) mass is 311 g/mol. The first-order valence-electron chi connectivity index (χ1n) is 6.62. The third kappa shape index (κ3) is 4.86. The van der Waals surface area contributed by atoms with Gasteiger partial charge in [0.1, 0.15) is 5.82 Å². The fourth-order valence-corrected chi connectivity index (χ4v) is 2.24. The van der Waals surface area contributed by atoms with Gasteiger partial charge in [-0.3, -0.25) is 9.59 Å². The molecule has 1 atom stereocenters. The van der Waals surface area contributed by atoms with Gasteiger partial charge in [-0.15, -0.1) is 0 Å². The molecule has 2 rings (SSSR count). The van der Waals surface area contributed by atoms with Crippen LogP contribution in [0.3, 0.4) is 0 Å². The maximum absolute atomic E-state index is 13.4. The fraction of sp³-hybridized carbons (Fsp3) is 0.333. The van der Waals surface area contributed by atoms with E-state index < -0.39 is 24.3 Å². The van der Waals surface area contributed by atoms with Crippen molar-refractivity contribution in [3.8, 4) is 0 Å². The number of benzene rings is 1. The molecule has 0 saturated heterocycles. The number of nitrogens with one attached hydrogen (secondary N) is 1. The van der Waals surface area contributed by atoms with Crippen molar-refractivity contribution in [3.63, 3.8) is 0 Å². The summed E-state index contributed by atoms with van der Waals surface area (Å²) in [6, 6.07) is 3.82. The first-order chi connectivity index (χ1) is 10.0. The first kappa shape index (κ1) is 15.5. The number of hydrogen-bond acceptors (Lipinski definition) is 3. The van der Waals surface area contributed by atoms with E-state index >= 15 is 0 Å². The van der Waals surface area contributed by atoms with E-state index in [1.54, 1.807) is 0 Å². The van der Waals surface area contributed by atoms with Crippen LogP contribution in [0.25, 0.3) is 0 Å². The van der Waals surface area contributed by atoms with Gasteiger partial charge in [0, 0.05) is 5.02 Å². The fourth-order valence-electron chi connectivity index (χ4n) is 2.06. The minimum atomic E-state index is -0.605.